The predicted octanol–water partition coefficient (Wildman–Crippen LogP) is 5.62. The monoisotopic (exact) mass is 491 g/mol. The first kappa shape index (κ1) is 24.1. The van der Waals surface area contributed by atoms with Crippen molar-refractivity contribution >= 4 is 45.7 Å². The Bertz CT molecular complexity index is 1120. The van der Waals surface area contributed by atoms with Crippen molar-refractivity contribution in [1.29, 1.82) is 0 Å². The van der Waals surface area contributed by atoms with Crippen LogP contribution in [0.2, 0.25) is 0 Å². The molecule has 4 rings (SSSR count). The van der Waals surface area contributed by atoms with E-state index < -0.39 is 0 Å². The van der Waals surface area contributed by atoms with Gasteiger partial charge in [-0.3, -0.25) is 4.90 Å². The van der Waals surface area contributed by atoms with Gasteiger partial charge >= 0.3 is 5.97 Å². The number of nitrogens with zero attached hydrogens (tertiary/aromatic N) is 2. The Morgan fingerprint density at radius 1 is 1.06 bits per heavy atom. The van der Waals surface area contributed by atoms with Crippen LogP contribution in [0.15, 0.2) is 72.8 Å². The molecule has 0 aliphatic carbocycles. The van der Waals surface area contributed by atoms with E-state index in [9.17, 15) is 4.79 Å². The van der Waals surface area contributed by atoms with Crippen LogP contribution in [0.4, 0.5) is 5.00 Å². The van der Waals surface area contributed by atoms with Gasteiger partial charge in [-0.2, -0.15) is 0 Å². The van der Waals surface area contributed by atoms with Gasteiger partial charge in [0.2, 0.25) is 0 Å². The molecule has 1 aliphatic rings. The molecule has 3 aromatic rings. The number of nitrogens with one attached hydrogen (secondary N) is 1. The summed E-state index contributed by atoms with van der Waals surface area (Å²) < 4.78 is 5.29. The molecule has 5 nitrogen and oxygen atoms in total. The fourth-order valence-corrected chi connectivity index (χ4v) is 5.20. The smallest absolute Gasteiger partial charge is 0.341 e. The van der Waals surface area contributed by atoms with Gasteiger partial charge in [0.15, 0.2) is 5.11 Å². The number of thiophene rings is 1. The van der Waals surface area contributed by atoms with E-state index in [1.54, 1.807) is 0 Å². The van der Waals surface area contributed by atoms with Gasteiger partial charge in [-0.1, -0.05) is 72.8 Å². The van der Waals surface area contributed by atoms with Crippen LogP contribution in [0.5, 0.6) is 0 Å². The second kappa shape index (κ2) is 11.9. The van der Waals surface area contributed by atoms with Gasteiger partial charge in [-0.25, -0.2) is 4.79 Å². The van der Waals surface area contributed by atoms with Crippen molar-refractivity contribution in [1.82, 2.24) is 9.80 Å². The van der Waals surface area contributed by atoms with Crippen molar-refractivity contribution in [2.45, 2.75) is 6.92 Å². The maximum absolute atomic E-state index is 12.6. The minimum absolute atomic E-state index is 0.332. The van der Waals surface area contributed by atoms with Crippen LogP contribution in [-0.4, -0.2) is 60.2 Å². The van der Waals surface area contributed by atoms with Gasteiger partial charge in [0.25, 0.3) is 0 Å². The third-order valence-corrected chi connectivity index (χ3v) is 7.10. The van der Waals surface area contributed by atoms with Crippen LogP contribution in [0.1, 0.15) is 22.8 Å². The molecule has 1 aliphatic heterocycles. The zero-order valence-electron chi connectivity index (χ0n) is 19.3. The number of rotatable bonds is 7. The molecule has 0 spiro atoms. The molecule has 2 heterocycles. The number of hydrogen-bond donors (Lipinski definition) is 1. The van der Waals surface area contributed by atoms with Crippen molar-refractivity contribution in [3.8, 4) is 10.4 Å². The van der Waals surface area contributed by atoms with E-state index in [0.29, 0.717) is 17.3 Å². The molecule has 0 unspecified atom stereocenters. The lowest BCUT2D eigenvalue weighted by atomic mass is 10.1. The van der Waals surface area contributed by atoms with Crippen LogP contribution in [0, 0.1) is 0 Å². The molecular weight excluding hydrogens is 462 g/mol. The van der Waals surface area contributed by atoms with Crippen LogP contribution < -0.4 is 5.32 Å². The third-order valence-electron chi connectivity index (χ3n) is 5.64. The highest BCUT2D eigenvalue weighted by Gasteiger charge is 2.22. The number of ether oxygens (including phenoxy) is 1. The molecule has 0 radical (unpaired) electrons. The standard InChI is InChI=1S/C27H29N3O2S2/c1-2-32-26(31)23-20-24(22-13-7-4-8-14-22)34-25(23)28-27(33)30-18-16-29(17-19-30)15-9-12-21-10-5-3-6-11-21/h3-14,20H,2,15-19H2,1H3,(H,28,33)/b12-9+. The summed E-state index contributed by atoms with van der Waals surface area (Å²) in [5, 5.41) is 4.71. The molecule has 1 saturated heterocycles. The molecule has 176 valence electrons. The topological polar surface area (TPSA) is 44.8 Å². The predicted molar refractivity (Wildman–Crippen MR) is 145 cm³/mol. The summed E-state index contributed by atoms with van der Waals surface area (Å²) in [6, 6.07) is 22.3. The molecule has 0 amide bonds. The fourth-order valence-electron chi connectivity index (χ4n) is 3.80. The average molecular weight is 492 g/mol. The van der Waals surface area contributed by atoms with Crippen LogP contribution >= 0.6 is 23.6 Å². The van der Waals surface area contributed by atoms with Crippen molar-refractivity contribution in [3.63, 3.8) is 0 Å². The Kier molecular flexibility index (Phi) is 8.46. The summed E-state index contributed by atoms with van der Waals surface area (Å²) in [6.07, 6.45) is 4.38. The van der Waals surface area contributed by atoms with Crippen molar-refractivity contribution in [2.24, 2.45) is 0 Å². The summed E-state index contributed by atoms with van der Waals surface area (Å²) in [7, 11) is 0. The summed E-state index contributed by atoms with van der Waals surface area (Å²) in [5.41, 5.74) is 2.81. The number of anilines is 1. The average Bonchev–Trinajstić information content (AvgIpc) is 3.30. The largest absolute Gasteiger partial charge is 0.462 e. The molecule has 1 aromatic heterocycles. The molecule has 0 saturated carbocycles. The Morgan fingerprint density at radius 3 is 2.41 bits per heavy atom. The lowest BCUT2D eigenvalue weighted by Gasteiger charge is -2.35. The minimum Gasteiger partial charge on any atom is -0.462 e. The van der Waals surface area contributed by atoms with E-state index >= 15 is 0 Å². The summed E-state index contributed by atoms with van der Waals surface area (Å²) in [4.78, 5) is 18.2. The molecule has 1 N–H and O–H groups in total. The van der Waals surface area contributed by atoms with Crippen LogP contribution in [0.3, 0.4) is 0 Å². The van der Waals surface area contributed by atoms with Gasteiger partial charge in [0.1, 0.15) is 5.00 Å². The molecule has 2 aromatic carbocycles. The number of piperazine rings is 1. The van der Waals surface area contributed by atoms with Gasteiger partial charge < -0.3 is 15.0 Å². The normalized spacial score (nSPS) is 14.3. The lowest BCUT2D eigenvalue weighted by Crippen LogP contribution is -2.49. The Morgan fingerprint density at radius 2 is 1.74 bits per heavy atom. The highest BCUT2D eigenvalue weighted by atomic mass is 32.1. The van der Waals surface area contributed by atoms with Crippen molar-refractivity contribution in [2.75, 3.05) is 44.6 Å². The first-order chi connectivity index (χ1) is 16.6. The summed E-state index contributed by atoms with van der Waals surface area (Å²) in [6.45, 7) is 6.62. The van der Waals surface area contributed by atoms with E-state index in [4.69, 9.17) is 17.0 Å². The number of thiocarbonyl (C=S) groups is 1. The maximum atomic E-state index is 12.6. The quantitative estimate of drug-likeness (QED) is 0.342. The molecule has 34 heavy (non-hydrogen) atoms. The van der Waals surface area contributed by atoms with E-state index in [-0.39, 0.29) is 5.97 Å². The Balaban J connectivity index is 1.36. The van der Waals surface area contributed by atoms with E-state index in [1.807, 2.05) is 49.4 Å². The molecule has 0 atom stereocenters. The van der Waals surface area contributed by atoms with E-state index in [0.717, 1.165) is 48.2 Å². The number of hydrogen-bond acceptors (Lipinski definition) is 5. The lowest BCUT2D eigenvalue weighted by molar-refractivity contribution is 0.0528. The third kappa shape index (κ3) is 6.32. The Labute approximate surface area is 210 Å². The van der Waals surface area contributed by atoms with Crippen molar-refractivity contribution in [3.05, 3.63) is 83.9 Å². The first-order valence-corrected chi connectivity index (χ1v) is 12.7. The van der Waals surface area contributed by atoms with Crippen LogP contribution in [0.25, 0.3) is 16.5 Å². The van der Waals surface area contributed by atoms with Gasteiger partial charge in [0, 0.05) is 37.6 Å². The Hall–Kier alpha value is -3.00. The fraction of sp³-hybridized carbons (Fsp3) is 0.259. The van der Waals surface area contributed by atoms with Crippen LogP contribution in [-0.2, 0) is 4.74 Å². The van der Waals surface area contributed by atoms with Gasteiger partial charge in [-0.15, -0.1) is 11.3 Å². The maximum Gasteiger partial charge on any atom is 0.341 e. The second-order valence-corrected chi connectivity index (χ2v) is 9.41. The summed E-state index contributed by atoms with van der Waals surface area (Å²) in [5.74, 6) is -0.332. The first-order valence-electron chi connectivity index (χ1n) is 11.5. The van der Waals surface area contributed by atoms with E-state index in [2.05, 4.69) is 51.5 Å². The number of carbonyl (C=O) groups is 1. The van der Waals surface area contributed by atoms with Gasteiger partial charge in [0.05, 0.1) is 12.2 Å². The van der Waals surface area contributed by atoms with E-state index in [1.165, 1.54) is 16.9 Å². The molecule has 1 fully saturated rings. The summed E-state index contributed by atoms with van der Waals surface area (Å²) >= 11 is 7.24. The zero-order chi connectivity index (χ0) is 23.8. The molecular formula is C27H29N3O2S2. The zero-order valence-corrected chi connectivity index (χ0v) is 20.9. The molecule has 7 heteroatoms. The second-order valence-electron chi connectivity index (χ2n) is 7.97. The highest BCUT2D eigenvalue weighted by molar-refractivity contribution is 7.80. The molecule has 0 bridgehead atoms. The minimum atomic E-state index is -0.332. The number of esters is 1. The highest BCUT2D eigenvalue weighted by Crippen LogP contribution is 2.36. The van der Waals surface area contributed by atoms with Gasteiger partial charge in [-0.05, 0) is 36.3 Å². The number of carbonyl (C=O) groups excluding carboxylic acids is 1. The van der Waals surface area contributed by atoms with Crippen molar-refractivity contribution < 1.29 is 9.53 Å². The number of benzene rings is 2. The SMILES string of the molecule is CCOC(=O)c1cc(-c2ccccc2)sc1NC(=S)N1CCN(C/C=C/c2ccccc2)CC1.